The van der Waals surface area contributed by atoms with Crippen LogP contribution in [0.15, 0.2) is 61.2 Å². The largest absolute Gasteiger partial charge is 0.494 e. The highest BCUT2D eigenvalue weighted by Crippen LogP contribution is 2.14. The lowest BCUT2D eigenvalue weighted by atomic mass is 10.2. The SMILES string of the molecule is C=CCOc1ccc(C(=O)NNC(=S)NC(=O)c2ccc(OCCCCCCC)cc2)cc1. The minimum atomic E-state index is -0.405. The summed E-state index contributed by atoms with van der Waals surface area (Å²) >= 11 is 5.08. The third kappa shape index (κ3) is 9.74. The Balaban J connectivity index is 1.72. The van der Waals surface area contributed by atoms with E-state index in [-0.39, 0.29) is 5.11 Å². The van der Waals surface area contributed by atoms with Gasteiger partial charge >= 0.3 is 0 Å². The van der Waals surface area contributed by atoms with Gasteiger partial charge in [0, 0.05) is 11.1 Å². The Kier molecular flexibility index (Phi) is 11.5. The predicted molar refractivity (Wildman–Crippen MR) is 133 cm³/mol. The molecule has 2 amide bonds. The molecule has 0 aromatic heterocycles. The summed E-state index contributed by atoms with van der Waals surface area (Å²) < 4.78 is 11.1. The van der Waals surface area contributed by atoms with Crippen LogP contribution in [0.1, 0.15) is 59.7 Å². The number of unbranched alkanes of at least 4 members (excludes halogenated alkanes) is 4. The number of thiocarbonyl (C=S) groups is 1. The molecule has 0 fully saturated rings. The molecule has 0 aliphatic rings. The van der Waals surface area contributed by atoms with E-state index >= 15 is 0 Å². The van der Waals surface area contributed by atoms with E-state index in [1.807, 2.05) is 0 Å². The molecule has 7 nitrogen and oxygen atoms in total. The van der Waals surface area contributed by atoms with Crippen LogP contribution in [0.25, 0.3) is 0 Å². The molecule has 0 unspecified atom stereocenters. The summed E-state index contributed by atoms with van der Waals surface area (Å²) in [5.41, 5.74) is 5.80. The Morgan fingerprint density at radius 2 is 1.42 bits per heavy atom. The molecule has 0 atom stereocenters. The van der Waals surface area contributed by atoms with Crippen LogP contribution in [-0.2, 0) is 0 Å². The van der Waals surface area contributed by atoms with Gasteiger partial charge in [-0.05, 0) is 67.2 Å². The predicted octanol–water partition coefficient (Wildman–Crippen LogP) is 4.55. The summed E-state index contributed by atoms with van der Waals surface area (Å²) in [6, 6.07) is 13.4. The lowest BCUT2D eigenvalue weighted by molar-refractivity contribution is 0.0934. The van der Waals surface area contributed by atoms with E-state index in [4.69, 9.17) is 21.7 Å². The molecule has 2 aromatic rings. The summed E-state index contributed by atoms with van der Waals surface area (Å²) in [4.78, 5) is 24.6. The molecule has 2 rings (SSSR count). The molecular formula is C25H31N3O4S. The maximum Gasteiger partial charge on any atom is 0.269 e. The number of hydrazine groups is 1. The van der Waals surface area contributed by atoms with Crippen molar-refractivity contribution >= 4 is 29.1 Å². The van der Waals surface area contributed by atoms with Crippen molar-refractivity contribution in [1.82, 2.24) is 16.2 Å². The van der Waals surface area contributed by atoms with Gasteiger partial charge in [0.05, 0.1) is 6.61 Å². The number of benzene rings is 2. The molecule has 0 radical (unpaired) electrons. The minimum absolute atomic E-state index is 0.0216. The van der Waals surface area contributed by atoms with Crippen LogP contribution >= 0.6 is 12.2 Å². The van der Waals surface area contributed by atoms with Gasteiger partial charge in [-0.25, -0.2) is 0 Å². The van der Waals surface area contributed by atoms with Crippen molar-refractivity contribution < 1.29 is 19.1 Å². The molecule has 0 aliphatic carbocycles. The van der Waals surface area contributed by atoms with Crippen molar-refractivity contribution in [3.8, 4) is 11.5 Å². The number of nitrogens with one attached hydrogen (secondary N) is 3. The van der Waals surface area contributed by atoms with Crippen molar-refractivity contribution in [3.63, 3.8) is 0 Å². The topological polar surface area (TPSA) is 88.7 Å². The first-order chi connectivity index (χ1) is 16.0. The molecule has 2 aromatic carbocycles. The number of ether oxygens (including phenoxy) is 2. The molecule has 0 saturated carbocycles. The summed E-state index contributed by atoms with van der Waals surface area (Å²) in [6.45, 7) is 6.82. The number of hydrogen-bond acceptors (Lipinski definition) is 5. The van der Waals surface area contributed by atoms with Crippen molar-refractivity contribution in [2.24, 2.45) is 0 Å². The Morgan fingerprint density at radius 3 is 2.03 bits per heavy atom. The summed E-state index contributed by atoms with van der Waals surface area (Å²) in [5.74, 6) is 0.552. The highest BCUT2D eigenvalue weighted by Gasteiger charge is 2.10. The van der Waals surface area contributed by atoms with Gasteiger partial charge in [0.2, 0.25) is 0 Å². The number of carbonyl (C=O) groups is 2. The van der Waals surface area contributed by atoms with Crippen molar-refractivity contribution in [3.05, 3.63) is 72.3 Å². The second kappa shape index (κ2) is 14.6. The fourth-order valence-electron chi connectivity index (χ4n) is 2.85. The molecule has 0 heterocycles. The highest BCUT2D eigenvalue weighted by atomic mass is 32.1. The van der Waals surface area contributed by atoms with E-state index in [1.165, 1.54) is 19.3 Å². The van der Waals surface area contributed by atoms with E-state index in [0.717, 1.165) is 18.6 Å². The molecule has 33 heavy (non-hydrogen) atoms. The number of rotatable bonds is 12. The Bertz CT molecular complexity index is 914. The molecule has 3 N–H and O–H groups in total. The Labute approximate surface area is 200 Å². The zero-order chi connectivity index (χ0) is 23.9. The van der Waals surface area contributed by atoms with Gasteiger partial charge in [-0.2, -0.15) is 0 Å². The van der Waals surface area contributed by atoms with Crippen LogP contribution in [-0.4, -0.2) is 30.1 Å². The summed E-state index contributed by atoms with van der Waals surface area (Å²) in [7, 11) is 0. The maximum absolute atomic E-state index is 12.4. The fourth-order valence-corrected chi connectivity index (χ4v) is 2.99. The summed E-state index contributed by atoms with van der Waals surface area (Å²) in [5, 5.41) is 2.50. The Hall–Kier alpha value is -3.39. The number of hydrogen-bond donors (Lipinski definition) is 3. The average Bonchev–Trinajstić information content (AvgIpc) is 2.84. The van der Waals surface area contributed by atoms with Gasteiger partial charge in [0.1, 0.15) is 18.1 Å². The molecule has 0 aliphatic heterocycles. The van der Waals surface area contributed by atoms with Crippen LogP contribution in [0.5, 0.6) is 11.5 Å². The van der Waals surface area contributed by atoms with E-state index < -0.39 is 11.8 Å². The Morgan fingerprint density at radius 1 is 0.848 bits per heavy atom. The normalized spacial score (nSPS) is 10.1. The standard InChI is InChI=1S/C25H31N3O4S/c1-3-5-6-7-8-18-32-22-13-9-19(10-14-22)23(29)26-25(33)28-27-24(30)20-11-15-21(16-12-20)31-17-4-2/h4,9-16H,2-3,5-8,17-18H2,1H3,(H,27,30)(H2,26,28,29,33). The second-order valence-corrected chi connectivity index (χ2v) is 7.68. The van der Waals surface area contributed by atoms with Crippen LogP contribution in [0.2, 0.25) is 0 Å². The second-order valence-electron chi connectivity index (χ2n) is 7.27. The zero-order valence-electron chi connectivity index (χ0n) is 18.9. The van der Waals surface area contributed by atoms with Gasteiger partial charge in [-0.1, -0.05) is 45.3 Å². The average molecular weight is 470 g/mol. The van der Waals surface area contributed by atoms with Crippen molar-refractivity contribution in [2.75, 3.05) is 13.2 Å². The summed E-state index contributed by atoms with van der Waals surface area (Å²) in [6.07, 6.45) is 7.51. The number of carbonyl (C=O) groups excluding carboxylic acids is 2. The molecule has 0 saturated heterocycles. The fraction of sp³-hybridized carbons (Fsp3) is 0.320. The van der Waals surface area contributed by atoms with E-state index in [0.29, 0.717) is 30.1 Å². The van der Waals surface area contributed by atoms with E-state index in [9.17, 15) is 9.59 Å². The van der Waals surface area contributed by atoms with Crippen LogP contribution in [0.4, 0.5) is 0 Å². The quantitative estimate of drug-likeness (QED) is 0.183. The van der Waals surface area contributed by atoms with Crippen LogP contribution < -0.4 is 25.6 Å². The van der Waals surface area contributed by atoms with Gasteiger partial charge in [-0.3, -0.25) is 25.8 Å². The first-order valence-corrected chi connectivity index (χ1v) is 11.4. The van der Waals surface area contributed by atoms with Gasteiger partial charge < -0.3 is 9.47 Å². The van der Waals surface area contributed by atoms with E-state index in [1.54, 1.807) is 54.6 Å². The molecule has 0 spiro atoms. The third-order valence-corrected chi connectivity index (χ3v) is 4.84. The number of amides is 2. The lowest BCUT2D eigenvalue weighted by Gasteiger charge is -2.11. The molecule has 8 heteroatoms. The van der Waals surface area contributed by atoms with Crippen LogP contribution in [0.3, 0.4) is 0 Å². The van der Waals surface area contributed by atoms with Gasteiger partial charge in [-0.15, -0.1) is 0 Å². The van der Waals surface area contributed by atoms with Crippen LogP contribution in [0, 0.1) is 0 Å². The van der Waals surface area contributed by atoms with Gasteiger partial charge in [0.15, 0.2) is 5.11 Å². The minimum Gasteiger partial charge on any atom is -0.494 e. The highest BCUT2D eigenvalue weighted by molar-refractivity contribution is 7.80. The van der Waals surface area contributed by atoms with Crippen molar-refractivity contribution in [1.29, 1.82) is 0 Å². The smallest absolute Gasteiger partial charge is 0.269 e. The molecule has 176 valence electrons. The zero-order valence-corrected chi connectivity index (χ0v) is 19.7. The monoisotopic (exact) mass is 469 g/mol. The molecule has 0 bridgehead atoms. The first-order valence-electron chi connectivity index (χ1n) is 11.0. The first kappa shape index (κ1) is 25.9. The maximum atomic E-state index is 12.4. The lowest BCUT2D eigenvalue weighted by Crippen LogP contribution is -2.48. The van der Waals surface area contributed by atoms with Crippen molar-refractivity contribution in [2.45, 2.75) is 39.0 Å². The van der Waals surface area contributed by atoms with E-state index in [2.05, 4.69) is 29.7 Å². The van der Waals surface area contributed by atoms with Gasteiger partial charge in [0.25, 0.3) is 11.8 Å². The third-order valence-electron chi connectivity index (χ3n) is 4.63. The molecular weight excluding hydrogens is 438 g/mol.